The first-order valence-electron chi connectivity index (χ1n) is 6.93. The molecule has 0 bridgehead atoms. The molecule has 0 aromatic carbocycles. The summed E-state index contributed by atoms with van der Waals surface area (Å²) in [6.07, 6.45) is 4.94. The first-order chi connectivity index (χ1) is 10.1. The minimum absolute atomic E-state index is 0.249. The van der Waals surface area contributed by atoms with Crippen LogP contribution in [0, 0.1) is 13.8 Å². The monoisotopic (exact) mass is 348 g/mol. The third-order valence-electron chi connectivity index (χ3n) is 3.37. The Morgan fingerprint density at radius 1 is 1.24 bits per heavy atom. The van der Waals surface area contributed by atoms with Crippen molar-refractivity contribution in [2.75, 3.05) is 0 Å². The van der Waals surface area contributed by atoms with E-state index >= 15 is 0 Å². The van der Waals surface area contributed by atoms with Crippen molar-refractivity contribution < 1.29 is 0 Å². The summed E-state index contributed by atoms with van der Waals surface area (Å²) in [6.45, 7) is 6.74. The van der Waals surface area contributed by atoms with Crippen molar-refractivity contribution in [3.8, 4) is 0 Å². The molecule has 0 fully saturated rings. The summed E-state index contributed by atoms with van der Waals surface area (Å²) in [5.74, 6) is 0.731. The van der Waals surface area contributed by atoms with Crippen molar-refractivity contribution in [1.29, 1.82) is 0 Å². The molecular weight excluding hydrogens is 332 g/mol. The van der Waals surface area contributed by atoms with Crippen LogP contribution < -0.4 is 0 Å². The summed E-state index contributed by atoms with van der Waals surface area (Å²) < 4.78 is 3.81. The van der Waals surface area contributed by atoms with Gasteiger partial charge in [0, 0.05) is 17.6 Å². The Morgan fingerprint density at radius 2 is 2.05 bits per heavy atom. The number of hydrogen-bond donors (Lipinski definition) is 0. The van der Waals surface area contributed by atoms with Crippen molar-refractivity contribution in [3.05, 3.63) is 41.2 Å². The zero-order valence-electron chi connectivity index (χ0n) is 12.3. The molecule has 21 heavy (non-hydrogen) atoms. The molecule has 0 saturated carbocycles. The average molecular weight is 349 g/mol. The Kier molecular flexibility index (Phi) is 3.75. The molecule has 3 rings (SSSR count). The van der Waals surface area contributed by atoms with Gasteiger partial charge in [0.2, 0.25) is 5.78 Å². The predicted molar refractivity (Wildman–Crippen MR) is 83.5 cm³/mol. The predicted octanol–water partition coefficient (Wildman–Crippen LogP) is 2.83. The van der Waals surface area contributed by atoms with Crippen LogP contribution in [0.3, 0.4) is 0 Å². The number of alkyl halides is 1. The van der Waals surface area contributed by atoms with Crippen molar-refractivity contribution in [1.82, 2.24) is 29.4 Å². The Hall–Kier alpha value is -1.76. The highest BCUT2D eigenvalue weighted by Gasteiger charge is 2.11. The van der Waals surface area contributed by atoms with Crippen LogP contribution in [-0.2, 0) is 6.54 Å². The van der Waals surface area contributed by atoms with E-state index in [0.29, 0.717) is 6.54 Å². The second-order valence-electron chi connectivity index (χ2n) is 5.16. The summed E-state index contributed by atoms with van der Waals surface area (Å²) in [7, 11) is 0. The molecule has 3 aromatic rings. The molecule has 0 aliphatic rings. The van der Waals surface area contributed by atoms with E-state index in [1.54, 1.807) is 0 Å². The van der Waals surface area contributed by atoms with E-state index in [4.69, 9.17) is 0 Å². The lowest BCUT2D eigenvalue weighted by Gasteiger charge is -1.99. The number of aryl methyl sites for hydroxylation is 2. The molecule has 0 spiro atoms. The minimum atomic E-state index is 0.249. The lowest BCUT2D eigenvalue weighted by Crippen LogP contribution is -2.00. The molecule has 6 nitrogen and oxygen atoms in total. The Labute approximate surface area is 131 Å². The Bertz CT molecular complexity index is 775. The van der Waals surface area contributed by atoms with Gasteiger partial charge in [0.05, 0.1) is 29.0 Å². The molecule has 0 saturated heterocycles. The maximum absolute atomic E-state index is 4.56. The van der Waals surface area contributed by atoms with Gasteiger partial charge in [0.15, 0.2) is 0 Å². The van der Waals surface area contributed by atoms with E-state index in [9.17, 15) is 0 Å². The molecule has 1 unspecified atom stereocenters. The van der Waals surface area contributed by atoms with Gasteiger partial charge in [-0.25, -0.2) is 14.6 Å². The van der Waals surface area contributed by atoms with Crippen LogP contribution in [0.2, 0.25) is 0 Å². The molecule has 3 heterocycles. The van der Waals surface area contributed by atoms with E-state index in [-0.39, 0.29) is 4.83 Å². The van der Waals surface area contributed by atoms with Crippen molar-refractivity contribution in [2.45, 2.75) is 38.6 Å². The second-order valence-corrected chi connectivity index (χ2v) is 6.26. The van der Waals surface area contributed by atoms with E-state index in [1.807, 2.05) is 34.5 Å². The molecule has 110 valence electrons. The average Bonchev–Trinajstić information content (AvgIpc) is 3.05. The third-order valence-corrected chi connectivity index (χ3v) is 4.49. The summed E-state index contributed by atoms with van der Waals surface area (Å²) in [6, 6.07) is 2.04. The normalized spacial score (nSPS) is 13.0. The Morgan fingerprint density at radius 3 is 2.81 bits per heavy atom. The van der Waals surface area contributed by atoms with Crippen molar-refractivity contribution in [3.63, 3.8) is 0 Å². The molecule has 0 aliphatic carbocycles. The van der Waals surface area contributed by atoms with Gasteiger partial charge in [-0.15, -0.1) is 5.10 Å². The van der Waals surface area contributed by atoms with Gasteiger partial charge >= 0.3 is 0 Å². The standard InChI is InChI=1S/C14H17BrN6/c1-4-12(15)13-8-20(19-18-13)6-11-7-21-10(3)5-9(2)16-14(21)17-11/h5,7-8,12H,4,6H2,1-3H3. The smallest absolute Gasteiger partial charge is 0.234 e. The zero-order chi connectivity index (χ0) is 15.0. The summed E-state index contributed by atoms with van der Waals surface area (Å²) in [5, 5.41) is 8.34. The van der Waals surface area contributed by atoms with Crippen LogP contribution in [0.25, 0.3) is 5.78 Å². The van der Waals surface area contributed by atoms with E-state index in [2.05, 4.69) is 50.1 Å². The number of imidazole rings is 1. The highest BCUT2D eigenvalue weighted by atomic mass is 79.9. The quantitative estimate of drug-likeness (QED) is 0.680. The van der Waals surface area contributed by atoms with E-state index in [0.717, 1.165) is 35.0 Å². The van der Waals surface area contributed by atoms with Crippen LogP contribution in [0.15, 0.2) is 18.5 Å². The summed E-state index contributed by atoms with van der Waals surface area (Å²) in [4.78, 5) is 9.25. The fourth-order valence-corrected chi connectivity index (χ4v) is 2.51. The number of fused-ring (bicyclic) bond motifs is 1. The topological polar surface area (TPSA) is 60.9 Å². The highest BCUT2D eigenvalue weighted by Crippen LogP contribution is 2.23. The fraction of sp³-hybridized carbons (Fsp3) is 0.429. The molecule has 7 heteroatoms. The lowest BCUT2D eigenvalue weighted by molar-refractivity contribution is 0.640. The molecule has 0 N–H and O–H groups in total. The lowest BCUT2D eigenvalue weighted by atomic mass is 10.3. The van der Waals surface area contributed by atoms with Crippen LogP contribution in [0.1, 0.15) is 40.9 Å². The van der Waals surface area contributed by atoms with Gasteiger partial charge in [0.25, 0.3) is 0 Å². The van der Waals surface area contributed by atoms with Gasteiger partial charge in [-0.2, -0.15) is 0 Å². The van der Waals surface area contributed by atoms with Gasteiger partial charge in [-0.1, -0.05) is 28.1 Å². The fourth-order valence-electron chi connectivity index (χ4n) is 2.30. The van der Waals surface area contributed by atoms with E-state index < -0.39 is 0 Å². The summed E-state index contributed by atoms with van der Waals surface area (Å²) in [5.41, 5.74) is 3.98. The second kappa shape index (κ2) is 5.55. The first-order valence-corrected chi connectivity index (χ1v) is 7.84. The van der Waals surface area contributed by atoms with Gasteiger partial charge in [-0.05, 0) is 26.3 Å². The van der Waals surface area contributed by atoms with E-state index in [1.165, 1.54) is 0 Å². The molecule has 3 aromatic heterocycles. The van der Waals surface area contributed by atoms with Crippen LogP contribution in [0.5, 0.6) is 0 Å². The van der Waals surface area contributed by atoms with Crippen molar-refractivity contribution in [2.24, 2.45) is 0 Å². The Balaban J connectivity index is 1.88. The van der Waals surface area contributed by atoms with Crippen LogP contribution in [-0.4, -0.2) is 29.4 Å². The maximum atomic E-state index is 4.56. The molecule has 0 aliphatic heterocycles. The van der Waals surface area contributed by atoms with Crippen LogP contribution >= 0.6 is 15.9 Å². The first kappa shape index (κ1) is 14.2. The zero-order valence-corrected chi connectivity index (χ0v) is 13.9. The number of hydrogen-bond acceptors (Lipinski definition) is 4. The number of halogens is 1. The van der Waals surface area contributed by atoms with Crippen molar-refractivity contribution >= 4 is 21.7 Å². The number of aromatic nitrogens is 6. The van der Waals surface area contributed by atoms with Gasteiger partial charge in [-0.3, -0.25) is 4.40 Å². The molecule has 0 radical (unpaired) electrons. The van der Waals surface area contributed by atoms with Gasteiger partial charge < -0.3 is 0 Å². The SMILES string of the molecule is CCC(Br)c1cn(Cc2cn3c(C)cc(C)nc3n2)nn1. The number of rotatable bonds is 4. The summed E-state index contributed by atoms with van der Waals surface area (Å²) >= 11 is 3.58. The maximum Gasteiger partial charge on any atom is 0.234 e. The van der Waals surface area contributed by atoms with Crippen LogP contribution in [0.4, 0.5) is 0 Å². The largest absolute Gasteiger partial charge is 0.288 e. The molecular formula is C14H17BrN6. The third kappa shape index (κ3) is 2.83. The minimum Gasteiger partial charge on any atom is -0.288 e. The number of nitrogens with zero attached hydrogens (tertiary/aromatic N) is 6. The highest BCUT2D eigenvalue weighted by molar-refractivity contribution is 9.09. The molecule has 0 amide bonds. The molecule has 1 atom stereocenters. The van der Waals surface area contributed by atoms with Gasteiger partial charge in [0.1, 0.15) is 0 Å².